The van der Waals surface area contributed by atoms with Crippen LogP contribution in [0.5, 0.6) is 0 Å². The predicted octanol–water partition coefficient (Wildman–Crippen LogP) is 1.68. The molecule has 1 aromatic heterocycles. The number of nitrogens with one attached hydrogen (secondary N) is 1. The van der Waals surface area contributed by atoms with E-state index >= 15 is 0 Å². The van der Waals surface area contributed by atoms with Gasteiger partial charge < -0.3 is 9.64 Å². The van der Waals surface area contributed by atoms with E-state index in [1.807, 2.05) is 4.90 Å². The molecule has 0 radical (unpaired) electrons. The summed E-state index contributed by atoms with van der Waals surface area (Å²) in [5, 5.41) is 0.338. The number of pyridine rings is 1. The number of aromatic nitrogens is 1. The number of rotatable bonds is 2. The molecule has 0 bridgehead atoms. The number of halogens is 3. The largest absolute Gasteiger partial charge is 0.433 e. The first-order chi connectivity index (χ1) is 11.1. The average molecular weight is 381 g/mol. The van der Waals surface area contributed by atoms with Crippen molar-refractivity contribution in [3.8, 4) is 0 Å². The van der Waals surface area contributed by atoms with Gasteiger partial charge in [0.2, 0.25) is 0 Å². The molecule has 2 rings (SSSR count). The van der Waals surface area contributed by atoms with Gasteiger partial charge in [0.15, 0.2) is 5.11 Å². The van der Waals surface area contributed by atoms with Crippen molar-refractivity contribution in [3.63, 3.8) is 0 Å². The molecule has 1 fully saturated rings. The van der Waals surface area contributed by atoms with Crippen molar-refractivity contribution in [2.75, 3.05) is 32.6 Å². The second-order valence-corrected chi connectivity index (χ2v) is 8.23. The molecule has 0 spiro atoms. The van der Waals surface area contributed by atoms with Crippen molar-refractivity contribution < 1.29 is 22.1 Å². The molecule has 0 amide bonds. The second kappa shape index (κ2) is 7.24. The summed E-state index contributed by atoms with van der Waals surface area (Å²) >= 11 is 5.26. The molecule has 134 valence electrons. The summed E-state index contributed by atoms with van der Waals surface area (Å²) in [6.07, 6.45) is -1.97. The van der Waals surface area contributed by atoms with Crippen LogP contribution in [0.4, 0.5) is 13.2 Å². The molecule has 2 heterocycles. The van der Waals surface area contributed by atoms with Crippen LogP contribution in [0.25, 0.3) is 0 Å². The fraction of sp³-hybridized carbons (Fsp3) is 0.500. The molecule has 1 unspecified atom stereocenters. The molecule has 1 aliphatic heterocycles. The summed E-state index contributed by atoms with van der Waals surface area (Å²) < 4.78 is 58.6. The third-order valence-corrected chi connectivity index (χ3v) is 6.10. The highest BCUT2D eigenvalue weighted by Crippen LogP contribution is 2.27. The van der Waals surface area contributed by atoms with E-state index in [4.69, 9.17) is 17.0 Å². The van der Waals surface area contributed by atoms with Gasteiger partial charge in [0.25, 0.3) is 0 Å². The van der Waals surface area contributed by atoms with Crippen molar-refractivity contribution >= 4 is 31.9 Å². The summed E-state index contributed by atoms with van der Waals surface area (Å²) in [5.74, 6) is 0. The predicted molar refractivity (Wildman–Crippen MR) is 91.2 cm³/mol. The Morgan fingerprint density at radius 1 is 1.38 bits per heavy atom. The van der Waals surface area contributed by atoms with E-state index in [1.54, 1.807) is 6.92 Å². The Morgan fingerprint density at radius 2 is 2.00 bits per heavy atom. The molecule has 0 aliphatic carbocycles. The summed E-state index contributed by atoms with van der Waals surface area (Å²) in [6, 6.07) is 2.13. The van der Waals surface area contributed by atoms with Crippen LogP contribution in [0, 0.1) is 0 Å². The third kappa shape index (κ3) is 4.58. The highest BCUT2D eigenvalue weighted by atomic mass is 32.2. The minimum Gasteiger partial charge on any atom is -0.378 e. The fourth-order valence-corrected chi connectivity index (χ4v) is 3.91. The quantitative estimate of drug-likeness (QED) is 0.624. The standard InChI is InChI=1S/C14H18F3N3O2S2/c1-10(11-3-4-12(18-9-11)14(15,16)17)24(2,21)19-13(23)20-5-7-22-8-6-20/h3-4,9H,5-8H2,1-2H3,(H,19,21,23). The highest BCUT2D eigenvalue weighted by molar-refractivity contribution is 8.01. The van der Waals surface area contributed by atoms with Crippen LogP contribution in [0.3, 0.4) is 0 Å². The van der Waals surface area contributed by atoms with E-state index in [-0.39, 0.29) is 0 Å². The van der Waals surface area contributed by atoms with Gasteiger partial charge in [-0.2, -0.15) is 13.2 Å². The Balaban J connectivity index is 2.21. The zero-order valence-corrected chi connectivity index (χ0v) is 14.9. The molecule has 5 nitrogen and oxygen atoms in total. The van der Waals surface area contributed by atoms with Crippen LogP contribution in [-0.2, 0) is 20.6 Å². The van der Waals surface area contributed by atoms with Gasteiger partial charge in [0.1, 0.15) is 5.69 Å². The Morgan fingerprint density at radius 3 is 2.50 bits per heavy atom. The first kappa shape index (κ1) is 18.9. The van der Waals surface area contributed by atoms with Crippen LogP contribution in [0.1, 0.15) is 18.2 Å². The van der Waals surface area contributed by atoms with Crippen LogP contribution in [0.15, 0.2) is 18.3 Å². The van der Waals surface area contributed by atoms with E-state index in [2.05, 4.69) is 9.71 Å². The normalized spacial score (nSPS) is 18.0. The number of hydrogen-bond acceptors (Lipinski definition) is 4. The van der Waals surface area contributed by atoms with E-state index in [0.717, 1.165) is 12.3 Å². The van der Waals surface area contributed by atoms with E-state index < -0.39 is 21.6 Å². The molecule has 0 saturated carbocycles. The maximum Gasteiger partial charge on any atom is 0.433 e. The van der Waals surface area contributed by atoms with Crippen molar-refractivity contribution in [1.29, 1.82) is 0 Å². The summed E-state index contributed by atoms with van der Waals surface area (Å²) in [5.41, 5.74) is -0.619. The first-order valence-electron chi connectivity index (χ1n) is 7.12. The molecule has 1 aliphatic rings. The summed E-state index contributed by atoms with van der Waals surface area (Å²) in [7, 11) is -2.74. The summed E-state index contributed by atoms with van der Waals surface area (Å²) in [4.78, 5) is 5.63. The average Bonchev–Trinajstić information content (AvgIpc) is 2.54. The molecule has 1 aromatic rings. The lowest BCUT2D eigenvalue weighted by atomic mass is 10.2. The first-order valence-corrected chi connectivity index (χ1v) is 9.49. The number of thiocarbonyl (C=S) groups is 1. The SMILES string of the molecule is CC(c1ccc(C(F)(F)F)nc1)=S(C)(=O)NC(=S)N1CCOCC1. The second-order valence-electron chi connectivity index (χ2n) is 5.34. The number of alkyl halides is 3. The van der Waals surface area contributed by atoms with E-state index in [0.29, 0.717) is 41.8 Å². The lowest BCUT2D eigenvalue weighted by Crippen LogP contribution is -2.48. The number of ether oxygens (including phenoxy) is 1. The van der Waals surface area contributed by atoms with Crippen LogP contribution >= 0.6 is 12.2 Å². The van der Waals surface area contributed by atoms with Crippen molar-refractivity contribution in [1.82, 2.24) is 14.6 Å². The molecule has 24 heavy (non-hydrogen) atoms. The minimum atomic E-state index is -4.50. The zero-order valence-electron chi connectivity index (χ0n) is 13.2. The van der Waals surface area contributed by atoms with Gasteiger partial charge in [0, 0.05) is 36.0 Å². The molecular formula is C14H18F3N3O2S2. The van der Waals surface area contributed by atoms with Crippen molar-refractivity contribution in [2.24, 2.45) is 0 Å². The van der Waals surface area contributed by atoms with Gasteiger partial charge in [0.05, 0.1) is 22.9 Å². The lowest BCUT2D eigenvalue weighted by Gasteiger charge is -2.30. The number of morpholine rings is 1. The van der Waals surface area contributed by atoms with E-state index in [9.17, 15) is 17.4 Å². The number of nitrogens with zero attached hydrogens (tertiary/aromatic N) is 2. The molecule has 1 atom stereocenters. The zero-order chi connectivity index (χ0) is 18.0. The van der Waals surface area contributed by atoms with Gasteiger partial charge in [-0.25, -0.2) is 4.21 Å². The van der Waals surface area contributed by atoms with E-state index in [1.165, 1.54) is 12.3 Å². The number of hydrogen-bond donors (Lipinski definition) is 1. The van der Waals surface area contributed by atoms with Gasteiger partial charge in [-0.05, 0) is 25.2 Å². The lowest BCUT2D eigenvalue weighted by molar-refractivity contribution is -0.141. The monoisotopic (exact) mass is 381 g/mol. The Hall–Kier alpha value is -1.39. The van der Waals surface area contributed by atoms with Crippen molar-refractivity contribution in [3.05, 3.63) is 29.6 Å². The van der Waals surface area contributed by atoms with Gasteiger partial charge >= 0.3 is 6.18 Å². The highest BCUT2D eigenvalue weighted by Gasteiger charge is 2.32. The fourth-order valence-electron chi connectivity index (χ4n) is 2.07. The molecular weight excluding hydrogens is 363 g/mol. The maximum atomic E-state index is 12.9. The van der Waals surface area contributed by atoms with Gasteiger partial charge in [-0.1, -0.05) is 6.07 Å². The van der Waals surface area contributed by atoms with Gasteiger partial charge in [-0.3, -0.25) is 9.71 Å². The third-order valence-electron chi connectivity index (χ3n) is 3.63. The van der Waals surface area contributed by atoms with Crippen LogP contribution in [-0.4, -0.2) is 56.6 Å². The molecule has 1 N–H and O–H groups in total. The maximum absolute atomic E-state index is 12.9. The molecule has 1 saturated heterocycles. The molecule has 10 heteroatoms. The summed E-state index contributed by atoms with van der Waals surface area (Å²) in [6.45, 7) is 3.86. The minimum absolute atomic E-state index is 0.338. The Bertz CT molecular complexity index is 720. The van der Waals surface area contributed by atoms with Gasteiger partial charge in [-0.15, -0.1) is 0 Å². The Labute approximate surface area is 144 Å². The molecule has 0 aromatic carbocycles. The van der Waals surface area contributed by atoms with Crippen LogP contribution < -0.4 is 4.72 Å². The topological polar surface area (TPSA) is 54.5 Å². The van der Waals surface area contributed by atoms with Crippen LogP contribution in [0.2, 0.25) is 0 Å². The smallest absolute Gasteiger partial charge is 0.378 e. The van der Waals surface area contributed by atoms with Crippen molar-refractivity contribution in [2.45, 2.75) is 13.1 Å². The Kier molecular flexibility index (Phi) is 5.71.